The molecular weight excluding hydrogens is 238 g/mol. The van der Waals surface area contributed by atoms with Gasteiger partial charge in [-0.2, -0.15) is 4.98 Å². The van der Waals surface area contributed by atoms with Crippen LogP contribution < -0.4 is 5.32 Å². The van der Waals surface area contributed by atoms with E-state index in [1.165, 1.54) is 25.7 Å². The Hall–Kier alpha value is -0.900. The molecule has 1 unspecified atom stereocenters. The van der Waals surface area contributed by atoms with Crippen molar-refractivity contribution < 1.29 is 4.52 Å². The molecule has 19 heavy (non-hydrogen) atoms. The lowest BCUT2D eigenvalue weighted by Crippen LogP contribution is -2.24. The van der Waals surface area contributed by atoms with E-state index in [0.29, 0.717) is 23.9 Å². The first-order valence-corrected chi connectivity index (χ1v) is 7.56. The highest BCUT2D eigenvalue weighted by molar-refractivity contribution is 4.99. The van der Waals surface area contributed by atoms with Crippen LogP contribution in [0, 0.1) is 5.41 Å². The molecule has 0 amide bonds. The highest BCUT2D eigenvalue weighted by Crippen LogP contribution is 2.41. The molecule has 108 valence electrons. The molecule has 0 aromatic carbocycles. The predicted octanol–water partition coefficient (Wildman–Crippen LogP) is 3.64. The van der Waals surface area contributed by atoms with Crippen LogP contribution in [0.2, 0.25) is 0 Å². The van der Waals surface area contributed by atoms with Crippen molar-refractivity contribution in [2.45, 2.75) is 78.3 Å². The molecule has 0 spiro atoms. The summed E-state index contributed by atoms with van der Waals surface area (Å²) in [5.74, 6) is 2.13. The van der Waals surface area contributed by atoms with E-state index >= 15 is 0 Å². The Morgan fingerprint density at radius 1 is 1.37 bits per heavy atom. The molecule has 0 radical (unpaired) electrons. The molecule has 1 aromatic heterocycles. The summed E-state index contributed by atoms with van der Waals surface area (Å²) >= 11 is 0. The molecule has 1 saturated carbocycles. The Morgan fingerprint density at radius 3 is 2.68 bits per heavy atom. The number of hydrogen-bond donors (Lipinski definition) is 1. The number of hydrogen-bond acceptors (Lipinski definition) is 4. The fraction of sp³-hybridized carbons (Fsp3) is 0.867. The summed E-state index contributed by atoms with van der Waals surface area (Å²) in [7, 11) is 0. The average molecular weight is 265 g/mol. The van der Waals surface area contributed by atoms with Crippen molar-refractivity contribution in [2.75, 3.05) is 0 Å². The van der Waals surface area contributed by atoms with Gasteiger partial charge in [-0.05, 0) is 44.4 Å². The SMILES string of the molecule is CCC(C)NCc1nc(C2CCC(C)(C)CC2)no1. The summed E-state index contributed by atoms with van der Waals surface area (Å²) < 4.78 is 5.34. The Balaban J connectivity index is 1.87. The number of nitrogens with one attached hydrogen (secondary N) is 1. The van der Waals surface area contributed by atoms with Crippen LogP contribution in [0.1, 0.15) is 77.4 Å². The molecule has 1 heterocycles. The molecule has 1 aromatic rings. The Bertz CT molecular complexity index is 390. The van der Waals surface area contributed by atoms with Crippen LogP contribution in [0.15, 0.2) is 4.52 Å². The van der Waals surface area contributed by atoms with Gasteiger partial charge in [0.1, 0.15) is 0 Å². The van der Waals surface area contributed by atoms with Crippen LogP contribution in [-0.4, -0.2) is 16.2 Å². The molecule has 4 heteroatoms. The smallest absolute Gasteiger partial charge is 0.240 e. The fourth-order valence-electron chi connectivity index (χ4n) is 2.57. The van der Waals surface area contributed by atoms with Gasteiger partial charge in [0, 0.05) is 12.0 Å². The van der Waals surface area contributed by atoms with Crippen LogP contribution >= 0.6 is 0 Å². The largest absolute Gasteiger partial charge is 0.338 e. The first-order valence-electron chi connectivity index (χ1n) is 7.56. The lowest BCUT2D eigenvalue weighted by molar-refractivity contribution is 0.218. The van der Waals surface area contributed by atoms with Gasteiger partial charge in [0.05, 0.1) is 6.54 Å². The molecular formula is C15H27N3O. The first kappa shape index (κ1) is 14.5. The first-order chi connectivity index (χ1) is 9.00. The summed E-state index contributed by atoms with van der Waals surface area (Å²) in [6, 6.07) is 0.492. The quantitative estimate of drug-likeness (QED) is 0.883. The molecule has 1 fully saturated rings. The van der Waals surface area contributed by atoms with Crippen LogP contribution in [0.25, 0.3) is 0 Å². The summed E-state index contributed by atoms with van der Waals surface area (Å²) in [5, 5.41) is 7.55. The second-order valence-corrected chi connectivity index (χ2v) is 6.67. The Labute approximate surface area is 116 Å². The third-order valence-corrected chi connectivity index (χ3v) is 4.40. The summed E-state index contributed by atoms with van der Waals surface area (Å²) in [4.78, 5) is 4.55. The highest BCUT2D eigenvalue weighted by atomic mass is 16.5. The van der Waals surface area contributed by atoms with E-state index in [9.17, 15) is 0 Å². The fourth-order valence-corrected chi connectivity index (χ4v) is 2.57. The third kappa shape index (κ3) is 4.03. The lowest BCUT2D eigenvalue weighted by Gasteiger charge is -2.32. The van der Waals surface area contributed by atoms with E-state index in [0.717, 1.165) is 18.1 Å². The van der Waals surface area contributed by atoms with Gasteiger partial charge in [0.2, 0.25) is 5.89 Å². The molecule has 2 rings (SSSR count). The van der Waals surface area contributed by atoms with Crippen molar-refractivity contribution in [3.05, 3.63) is 11.7 Å². The summed E-state index contributed by atoms with van der Waals surface area (Å²) in [6.07, 6.45) is 5.99. The molecule has 1 atom stereocenters. The zero-order valence-corrected chi connectivity index (χ0v) is 12.7. The van der Waals surface area contributed by atoms with E-state index in [1.807, 2.05) is 0 Å². The molecule has 1 aliphatic carbocycles. The van der Waals surface area contributed by atoms with E-state index < -0.39 is 0 Å². The Kier molecular flexibility index (Phi) is 4.61. The third-order valence-electron chi connectivity index (χ3n) is 4.40. The minimum Gasteiger partial charge on any atom is -0.338 e. The number of nitrogens with zero attached hydrogens (tertiary/aromatic N) is 2. The van der Waals surface area contributed by atoms with Crippen LogP contribution in [0.4, 0.5) is 0 Å². The van der Waals surface area contributed by atoms with Gasteiger partial charge in [-0.1, -0.05) is 25.9 Å². The normalized spacial score (nSPS) is 21.5. The van der Waals surface area contributed by atoms with Crippen molar-refractivity contribution in [1.82, 2.24) is 15.5 Å². The van der Waals surface area contributed by atoms with Gasteiger partial charge in [-0.3, -0.25) is 0 Å². The van der Waals surface area contributed by atoms with E-state index in [1.54, 1.807) is 0 Å². The molecule has 0 aliphatic heterocycles. The van der Waals surface area contributed by atoms with Gasteiger partial charge >= 0.3 is 0 Å². The van der Waals surface area contributed by atoms with E-state index in [2.05, 4.69) is 43.2 Å². The minimum absolute atomic E-state index is 0.487. The maximum atomic E-state index is 5.34. The van der Waals surface area contributed by atoms with Gasteiger partial charge in [0.25, 0.3) is 0 Å². The van der Waals surface area contributed by atoms with Crippen molar-refractivity contribution in [3.8, 4) is 0 Å². The number of aromatic nitrogens is 2. The van der Waals surface area contributed by atoms with Crippen LogP contribution in [0.3, 0.4) is 0 Å². The van der Waals surface area contributed by atoms with Gasteiger partial charge in [0.15, 0.2) is 5.82 Å². The predicted molar refractivity (Wildman–Crippen MR) is 75.9 cm³/mol. The molecule has 1 aliphatic rings. The topological polar surface area (TPSA) is 51.0 Å². The average Bonchev–Trinajstić information content (AvgIpc) is 2.84. The molecule has 0 bridgehead atoms. The highest BCUT2D eigenvalue weighted by Gasteiger charge is 2.30. The second-order valence-electron chi connectivity index (χ2n) is 6.67. The maximum absolute atomic E-state index is 5.34. The van der Waals surface area contributed by atoms with E-state index in [-0.39, 0.29) is 0 Å². The van der Waals surface area contributed by atoms with Crippen molar-refractivity contribution in [3.63, 3.8) is 0 Å². The molecule has 4 nitrogen and oxygen atoms in total. The van der Waals surface area contributed by atoms with Crippen LogP contribution in [0.5, 0.6) is 0 Å². The molecule has 0 saturated heterocycles. The maximum Gasteiger partial charge on any atom is 0.240 e. The summed E-state index contributed by atoms with van der Waals surface area (Å²) in [6.45, 7) is 9.71. The van der Waals surface area contributed by atoms with Gasteiger partial charge in [-0.15, -0.1) is 0 Å². The van der Waals surface area contributed by atoms with Gasteiger partial charge in [-0.25, -0.2) is 0 Å². The molecule has 1 N–H and O–H groups in total. The standard InChI is InChI=1S/C15H27N3O/c1-5-11(2)16-10-13-17-14(18-19-13)12-6-8-15(3,4)9-7-12/h11-12,16H,5-10H2,1-4H3. The number of rotatable bonds is 5. The van der Waals surface area contributed by atoms with Crippen LogP contribution in [-0.2, 0) is 6.54 Å². The summed E-state index contributed by atoms with van der Waals surface area (Å²) in [5.41, 5.74) is 0.487. The lowest BCUT2D eigenvalue weighted by atomic mass is 9.73. The second kappa shape index (κ2) is 6.04. The van der Waals surface area contributed by atoms with Crippen molar-refractivity contribution in [2.24, 2.45) is 5.41 Å². The van der Waals surface area contributed by atoms with Crippen molar-refractivity contribution >= 4 is 0 Å². The minimum atomic E-state index is 0.487. The Morgan fingerprint density at radius 2 is 2.05 bits per heavy atom. The zero-order chi connectivity index (χ0) is 13.9. The van der Waals surface area contributed by atoms with E-state index in [4.69, 9.17) is 4.52 Å². The van der Waals surface area contributed by atoms with Crippen molar-refractivity contribution in [1.29, 1.82) is 0 Å². The van der Waals surface area contributed by atoms with Gasteiger partial charge < -0.3 is 9.84 Å². The monoisotopic (exact) mass is 265 g/mol. The zero-order valence-electron chi connectivity index (χ0n) is 12.7.